The molecular weight excluding hydrogens is 208 g/mol. The lowest BCUT2D eigenvalue weighted by Gasteiger charge is -2.39. The van der Waals surface area contributed by atoms with E-state index in [0.29, 0.717) is 6.04 Å². The summed E-state index contributed by atoms with van der Waals surface area (Å²) in [4.78, 5) is 2.58. The molecule has 0 saturated carbocycles. The van der Waals surface area contributed by atoms with Gasteiger partial charge in [-0.1, -0.05) is 25.1 Å². The fraction of sp³-hybridized carbons (Fsp3) is 0.600. The van der Waals surface area contributed by atoms with E-state index in [1.54, 1.807) is 0 Å². The maximum absolute atomic E-state index is 3.26. The van der Waals surface area contributed by atoms with E-state index in [4.69, 9.17) is 0 Å². The van der Waals surface area contributed by atoms with Crippen LogP contribution in [0.25, 0.3) is 0 Å². The first kappa shape index (κ1) is 12.4. The van der Waals surface area contributed by atoms with Gasteiger partial charge in [0, 0.05) is 24.8 Å². The van der Waals surface area contributed by atoms with Gasteiger partial charge in [0.25, 0.3) is 0 Å². The molecule has 0 spiro atoms. The summed E-state index contributed by atoms with van der Waals surface area (Å²) in [5.41, 5.74) is 2.83. The van der Waals surface area contributed by atoms with Crippen LogP contribution in [0.2, 0.25) is 0 Å². The molecule has 17 heavy (non-hydrogen) atoms. The summed E-state index contributed by atoms with van der Waals surface area (Å²) in [6, 6.07) is 9.44. The van der Waals surface area contributed by atoms with E-state index in [-0.39, 0.29) is 0 Å². The smallest absolute Gasteiger partial charge is 0.0414 e. The second kappa shape index (κ2) is 5.54. The summed E-state index contributed by atoms with van der Waals surface area (Å²) in [6.45, 7) is 6.87. The van der Waals surface area contributed by atoms with Gasteiger partial charge in [0.05, 0.1) is 0 Å². The van der Waals surface area contributed by atoms with Gasteiger partial charge in [-0.2, -0.15) is 0 Å². The summed E-state index contributed by atoms with van der Waals surface area (Å²) >= 11 is 0. The molecule has 94 valence electrons. The molecule has 1 aliphatic rings. The van der Waals surface area contributed by atoms with Crippen LogP contribution in [-0.2, 0) is 6.54 Å². The quantitative estimate of drug-likeness (QED) is 0.861. The minimum Gasteiger partial charge on any atom is -0.369 e. The number of nitrogens with one attached hydrogen (secondary N) is 1. The fourth-order valence-corrected chi connectivity index (χ4v) is 2.90. The number of rotatable bonds is 3. The molecular formula is C15H24N2. The molecule has 0 radical (unpaired) electrons. The van der Waals surface area contributed by atoms with E-state index < -0.39 is 0 Å². The van der Waals surface area contributed by atoms with Gasteiger partial charge in [0.1, 0.15) is 0 Å². The first-order valence-electron chi connectivity index (χ1n) is 6.71. The number of hydrogen-bond donors (Lipinski definition) is 1. The Morgan fingerprint density at radius 3 is 2.76 bits per heavy atom. The summed E-state index contributed by atoms with van der Waals surface area (Å²) in [5, 5.41) is 3.26. The SMILES string of the molecule is CNCc1ccccc1N1CCC(C)CC1C. The van der Waals surface area contributed by atoms with Crippen molar-refractivity contribution >= 4 is 5.69 Å². The molecule has 1 aliphatic heterocycles. The van der Waals surface area contributed by atoms with Crippen molar-refractivity contribution in [1.29, 1.82) is 0 Å². The molecule has 0 bridgehead atoms. The molecule has 2 atom stereocenters. The van der Waals surface area contributed by atoms with E-state index in [9.17, 15) is 0 Å². The summed E-state index contributed by atoms with van der Waals surface area (Å²) in [6.07, 6.45) is 2.63. The van der Waals surface area contributed by atoms with Gasteiger partial charge in [-0.05, 0) is 44.4 Å². The number of para-hydroxylation sites is 1. The Morgan fingerprint density at radius 2 is 2.06 bits per heavy atom. The Hall–Kier alpha value is -1.02. The van der Waals surface area contributed by atoms with Crippen molar-refractivity contribution < 1.29 is 0 Å². The molecule has 2 unspecified atom stereocenters. The Balaban J connectivity index is 2.21. The standard InChI is InChI=1S/C15H24N2/c1-12-8-9-17(13(2)10-12)15-7-5-4-6-14(15)11-16-3/h4-7,12-13,16H,8-11H2,1-3H3. The molecule has 1 aromatic carbocycles. The predicted octanol–water partition coefficient (Wildman–Crippen LogP) is 3.03. The third kappa shape index (κ3) is 2.81. The van der Waals surface area contributed by atoms with Gasteiger partial charge in [-0.25, -0.2) is 0 Å². The zero-order valence-electron chi connectivity index (χ0n) is 11.2. The van der Waals surface area contributed by atoms with Crippen LogP contribution >= 0.6 is 0 Å². The van der Waals surface area contributed by atoms with Gasteiger partial charge in [-0.3, -0.25) is 0 Å². The molecule has 0 aromatic heterocycles. The molecule has 1 heterocycles. The zero-order valence-corrected chi connectivity index (χ0v) is 11.2. The molecule has 1 aromatic rings. The van der Waals surface area contributed by atoms with Gasteiger partial charge in [0.15, 0.2) is 0 Å². The Bertz CT molecular complexity index is 362. The highest BCUT2D eigenvalue weighted by Crippen LogP contribution is 2.30. The molecule has 1 fully saturated rings. The molecule has 2 heteroatoms. The van der Waals surface area contributed by atoms with Crippen molar-refractivity contribution in [2.75, 3.05) is 18.5 Å². The predicted molar refractivity (Wildman–Crippen MR) is 74.4 cm³/mol. The minimum atomic E-state index is 0.664. The van der Waals surface area contributed by atoms with Crippen LogP contribution < -0.4 is 10.2 Å². The largest absolute Gasteiger partial charge is 0.369 e. The average Bonchev–Trinajstić information content (AvgIpc) is 2.31. The third-order valence-electron chi connectivity index (χ3n) is 3.81. The first-order chi connectivity index (χ1) is 8.22. The lowest BCUT2D eigenvalue weighted by molar-refractivity contribution is 0.377. The summed E-state index contributed by atoms with van der Waals surface area (Å²) < 4.78 is 0. The number of nitrogens with zero attached hydrogens (tertiary/aromatic N) is 1. The molecule has 0 amide bonds. The number of hydrogen-bond acceptors (Lipinski definition) is 2. The maximum atomic E-state index is 3.26. The van der Waals surface area contributed by atoms with Crippen molar-refractivity contribution in [3.8, 4) is 0 Å². The van der Waals surface area contributed by atoms with Gasteiger partial charge < -0.3 is 10.2 Å². The van der Waals surface area contributed by atoms with E-state index in [1.807, 2.05) is 7.05 Å². The minimum absolute atomic E-state index is 0.664. The molecule has 1 N–H and O–H groups in total. The fourth-order valence-electron chi connectivity index (χ4n) is 2.90. The van der Waals surface area contributed by atoms with E-state index in [1.165, 1.54) is 30.6 Å². The highest BCUT2D eigenvalue weighted by Gasteiger charge is 2.24. The second-order valence-electron chi connectivity index (χ2n) is 5.33. The highest BCUT2D eigenvalue weighted by atomic mass is 15.2. The number of benzene rings is 1. The Kier molecular flexibility index (Phi) is 4.06. The van der Waals surface area contributed by atoms with Gasteiger partial charge in [-0.15, -0.1) is 0 Å². The van der Waals surface area contributed by atoms with Crippen LogP contribution in [-0.4, -0.2) is 19.6 Å². The maximum Gasteiger partial charge on any atom is 0.0414 e. The van der Waals surface area contributed by atoms with E-state index >= 15 is 0 Å². The van der Waals surface area contributed by atoms with Crippen LogP contribution in [0, 0.1) is 5.92 Å². The van der Waals surface area contributed by atoms with Gasteiger partial charge >= 0.3 is 0 Å². The van der Waals surface area contributed by atoms with Gasteiger partial charge in [0.2, 0.25) is 0 Å². The molecule has 0 aliphatic carbocycles. The molecule has 2 rings (SSSR count). The summed E-state index contributed by atoms with van der Waals surface area (Å²) in [7, 11) is 2.01. The molecule has 2 nitrogen and oxygen atoms in total. The summed E-state index contributed by atoms with van der Waals surface area (Å²) in [5.74, 6) is 0.873. The lowest BCUT2D eigenvalue weighted by Crippen LogP contribution is -2.40. The van der Waals surface area contributed by atoms with Crippen molar-refractivity contribution in [3.63, 3.8) is 0 Å². The van der Waals surface area contributed by atoms with Crippen molar-refractivity contribution in [1.82, 2.24) is 5.32 Å². The highest BCUT2D eigenvalue weighted by molar-refractivity contribution is 5.54. The van der Waals surface area contributed by atoms with Crippen molar-refractivity contribution in [2.45, 2.75) is 39.3 Å². The first-order valence-corrected chi connectivity index (χ1v) is 6.71. The number of piperidine rings is 1. The second-order valence-corrected chi connectivity index (χ2v) is 5.33. The zero-order chi connectivity index (χ0) is 12.3. The van der Waals surface area contributed by atoms with Crippen LogP contribution in [0.15, 0.2) is 24.3 Å². The third-order valence-corrected chi connectivity index (χ3v) is 3.81. The van der Waals surface area contributed by atoms with Crippen molar-refractivity contribution in [3.05, 3.63) is 29.8 Å². The van der Waals surface area contributed by atoms with E-state index in [2.05, 4.69) is 48.3 Å². The monoisotopic (exact) mass is 232 g/mol. The van der Waals surface area contributed by atoms with Crippen LogP contribution in [0.1, 0.15) is 32.3 Å². The van der Waals surface area contributed by atoms with Crippen LogP contribution in [0.4, 0.5) is 5.69 Å². The lowest BCUT2D eigenvalue weighted by atomic mass is 9.92. The average molecular weight is 232 g/mol. The van der Waals surface area contributed by atoms with Crippen LogP contribution in [0.3, 0.4) is 0 Å². The van der Waals surface area contributed by atoms with Crippen LogP contribution in [0.5, 0.6) is 0 Å². The van der Waals surface area contributed by atoms with Crippen molar-refractivity contribution in [2.24, 2.45) is 5.92 Å². The Morgan fingerprint density at radius 1 is 1.29 bits per heavy atom. The normalized spacial score (nSPS) is 25.0. The number of anilines is 1. The van der Waals surface area contributed by atoms with E-state index in [0.717, 1.165) is 12.5 Å². The molecule has 1 saturated heterocycles. The Labute approximate surface area is 105 Å². The topological polar surface area (TPSA) is 15.3 Å².